The number of hydrogen-bond acceptors (Lipinski definition) is 4. The molecular weight excluding hydrogens is 484 g/mol. The minimum atomic E-state index is -0.425. The minimum absolute atomic E-state index is 0.336. The van der Waals surface area contributed by atoms with Crippen molar-refractivity contribution in [1.82, 2.24) is 5.01 Å². The Morgan fingerprint density at radius 2 is 1.43 bits per heavy atom. The first kappa shape index (κ1) is 24.3. The number of amides is 2. The zero-order valence-corrected chi connectivity index (χ0v) is 20.8. The molecule has 7 heteroatoms. The number of carbonyl (C=O) groups is 2. The van der Waals surface area contributed by atoms with Crippen LogP contribution in [0.15, 0.2) is 120 Å². The van der Waals surface area contributed by atoms with Gasteiger partial charge in [-0.25, -0.2) is 5.01 Å². The number of para-hydroxylation sites is 2. The summed E-state index contributed by atoms with van der Waals surface area (Å²) in [6, 6.07) is 36.1. The van der Waals surface area contributed by atoms with Crippen LogP contribution in [0.25, 0.3) is 0 Å². The van der Waals surface area contributed by atoms with Gasteiger partial charge in [0.15, 0.2) is 0 Å². The predicted octanol–water partition coefficient (Wildman–Crippen LogP) is 6.79. The van der Waals surface area contributed by atoms with Gasteiger partial charge in [0.2, 0.25) is 5.91 Å². The highest BCUT2D eigenvalue weighted by Crippen LogP contribution is 2.36. The second kappa shape index (κ2) is 11.1. The van der Waals surface area contributed by atoms with Crippen LogP contribution >= 0.6 is 11.6 Å². The first-order valence-corrected chi connectivity index (χ1v) is 12.4. The molecule has 1 aliphatic heterocycles. The fourth-order valence-electron chi connectivity index (χ4n) is 4.39. The Morgan fingerprint density at radius 3 is 2.03 bits per heavy atom. The third-order valence-electron chi connectivity index (χ3n) is 6.04. The van der Waals surface area contributed by atoms with Crippen molar-refractivity contribution in [3.05, 3.63) is 126 Å². The van der Waals surface area contributed by atoms with Gasteiger partial charge in [-0.05, 0) is 48.0 Å². The lowest BCUT2D eigenvalue weighted by Gasteiger charge is -2.24. The lowest BCUT2D eigenvalue weighted by molar-refractivity contribution is -0.136. The number of nitrogens with zero attached hydrogens (tertiary/aromatic N) is 3. The van der Waals surface area contributed by atoms with Crippen molar-refractivity contribution >= 4 is 46.3 Å². The Hall–Kier alpha value is -4.42. The second-order valence-electron chi connectivity index (χ2n) is 8.63. The van der Waals surface area contributed by atoms with Gasteiger partial charge in [0.1, 0.15) is 12.3 Å². The Balaban J connectivity index is 1.46. The van der Waals surface area contributed by atoms with E-state index in [2.05, 4.69) is 10.2 Å². The van der Waals surface area contributed by atoms with Gasteiger partial charge < -0.3 is 5.32 Å². The highest BCUT2D eigenvalue weighted by Gasteiger charge is 2.36. The fraction of sp³-hybridized carbons (Fsp3) is 0.100. The molecule has 4 aromatic carbocycles. The Morgan fingerprint density at radius 1 is 0.838 bits per heavy atom. The van der Waals surface area contributed by atoms with Crippen LogP contribution in [0, 0.1) is 0 Å². The Kier molecular flexibility index (Phi) is 7.28. The lowest BCUT2D eigenvalue weighted by Crippen LogP contribution is -2.30. The molecule has 0 bridgehead atoms. The molecule has 0 saturated carbocycles. The van der Waals surface area contributed by atoms with Crippen molar-refractivity contribution < 1.29 is 9.59 Å². The predicted molar refractivity (Wildman–Crippen MR) is 148 cm³/mol. The van der Waals surface area contributed by atoms with Gasteiger partial charge >= 0.3 is 0 Å². The maximum atomic E-state index is 13.5. The molecule has 0 radical (unpaired) electrons. The van der Waals surface area contributed by atoms with Crippen LogP contribution in [0.1, 0.15) is 24.4 Å². The molecule has 0 aliphatic carbocycles. The normalized spacial score (nSPS) is 14.7. The van der Waals surface area contributed by atoms with Crippen molar-refractivity contribution in [2.75, 3.05) is 10.2 Å². The number of nitrogens with one attached hydrogen (secondary N) is 1. The topological polar surface area (TPSA) is 65.0 Å². The van der Waals surface area contributed by atoms with E-state index < -0.39 is 5.91 Å². The number of anilines is 3. The first-order valence-electron chi connectivity index (χ1n) is 12.0. The molecule has 1 atom stereocenters. The zero-order chi connectivity index (χ0) is 25.6. The molecule has 0 aromatic heterocycles. The summed E-state index contributed by atoms with van der Waals surface area (Å²) in [4.78, 5) is 28.2. The third kappa shape index (κ3) is 5.71. The second-order valence-corrected chi connectivity index (χ2v) is 9.06. The van der Waals surface area contributed by atoms with Crippen LogP contribution in [0.5, 0.6) is 0 Å². The van der Waals surface area contributed by atoms with Crippen molar-refractivity contribution in [2.45, 2.75) is 18.9 Å². The van der Waals surface area contributed by atoms with Crippen molar-refractivity contribution in [2.24, 2.45) is 5.10 Å². The smallest absolute Gasteiger partial charge is 0.252 e. The molecule has 6 nitrogen and oxygen atoms in total. The van der Waals surface area contributed by atoms with Gasteiger partial charge in [-0.1, -0.05) is 84.4 Å². The zero-order valence-electron chi connectivity index (χ0n) is 20.0. The van der Waals surface area contributed by atoms with Gasteiger partial charge in [0, 0.05) is 28.5 Å². The molecule has 0 spiro atoms. The summed E-state index contributed by atoms with van der Waals surface area (Å²) < 4.78 is 0. The van der Waals surface area contributed by atoms with E-state index in [0.29, 0.717) is 17.1 Å². The number of benzene rings is 4. The SMILES string of the molecule is O=C(CC(=O)N1N=C(N(c2ccccc2)c2ccccc2)C[C@@H]1c1ccccc1)Nc1cccc(Cl)c1. The molecule has 0 fully saturated rings. The van der Waals surface area contributed by atoms with Crippen molar-refractivity contribution in [3.63, 3.8) is 0 Å². The largest absolute Gasteiger partial charge is 0.326 e. The summed E-state index contributed by atoms with van der Waals surface area (Å²) in [5.41, 5.74) is 3.36. The van der Waals surface area contributed by atoms with Crippen LogP contribution in [0.3, 0.4) is 0 Å². The summed E-state index contributed by atoms with van der Waals surface area (Å²) in [5, 5.41) is 9.50. The van der Waals surface area contributed by atoms with E-state index in [1.54, 1.807) is 24.3 Å². The van der Waals surface area contributed by atoms with Crippen LogP contribution in [-0.4, -0.2) is 22.7 Å². The molecule has 1 N–H and O–H groups in total. The lowest BCUT2D eigenvalue weighted by atomic mass is 10.0. The number of hydrogen-bond donors (Lipinski definition) is 1. The molecule has 1 heterocycles. The first-order chi connectivity index (χ1) is 18.1. The van der Waals surface area contributed by atoms with E-state index >= 15 is 0 Å². The van der Waals surface area contributed by atoms with E-state index in [1.165, 1.54) is 5.01 Å². The summed E-state index contributed by atoms with van der Waals surface area (Å²) in [6.45, 7) is 0. The monoisotopic (exact) mass is 508 g/mol. The number of hydrazone groups is 1. The number of rotatable bonds is 6. The van der Waals surface area contributed by atoms with E-state index in [1.807, 2.05) is 91.0 Å². The maximum absolute atomic E-state index is 13.5. The van der Waals surface area contributed by atoms with Gasteiger partial charge in [-0.15, -0.1) is 0 Å². The van der Waals surface area contributed by atoms with Crippen molar-refractivity contribution in [1.29, 1.82) is 0 Å². The van der Waals surface area contributed by atoms with E-state index in [0.717, 1.165) is 22.8 Å². The van der Waals surface area contributed by atoms with Gasteiger partial charge in [-0.2, -0.15) is 5.10 Å². The fourth-order valence-corrected chi connectivity index (χ4v) is 4.58. The molecule has 1 aliphatic rings. The van der Waals surface area contributed by atoms with Gasteiger partial charge in [-0.3, -0.25) is 14.5 Å². The average Bonchev–Trinajstić information content (AvgIpc) is 3.36. The average molecular weight is 509 g/mol. The number of halogens is 1. The molecule has 5 rings (SSSR count). The van der Waals surface area contributed by atoms with Crippen LogP contribution in [0.4, 0.5) is 17.1 Å². The molecule has 37 heavy (non-hydrogen) atoms. The van der Waals surface area contributed by atoms with Crippen molar-refractivity contribution in [3.8, 4) is 0 Å². The molecule has 4 aromatic rings. The summed E-state index contributed by atoms with van der Waals surface area (Å²) >= 11 is 6.02. The Labute approximate surface area is 220 Å². The maximum Gasteiger partial charge on any atom is 0.252 e. The van der Waals surface area contributed by atoms with Crippen LogP contribution in [-0.2, 0) is 9.59 Å². The number of carbonyl (C=O) groups excluding carboxylic acids is 2. The third-order valence-corrected chi connectivity index (χ3v) is 6.28. The minimum Gasteiger partial charge on any atom is -0.326 e. The number of amidine groups is 1. The van der Waals surface area contributed by atoms with E-state index in [9.17, 15) is 9.59 Å². The van der Waals surface area contributed by atoms with E-state index in [4.69, 9.17) is 16.7 Å². The van der Waals surface area contributed by atoms with Crippen LogP contribution in [0.2, 0.25) is 5.02 Å². The highest BCUT2D eigenvalue weighted by molar-refractivity contribution is 6.30. The quantitative estimate of drug-likeness (QED) is 0.291. The van der Waals surface area contributed by atoms with Gasteiger partial charge in [0.05, 0.1) is 6.04 Å². The summed E-state index contributed by atoms with van der Waals surface area (Å²) in [7, 11) is 0. The van der Waals surface area contributed by atoms with Crippen LogP contribution < -0.4 is 10.2 Å². The Bertz CT molecular complexity index is 1370. The molecule has 2 amide bonds. The molecule has 0 unspecified atom stereocenters. The molecule has 184 valence electrons. The standard InChI is InChI=1S/C30H25ClN4O2/c31-23-13-10-14-24(19-23)32-29(36)21-30(37)35-27(22-11-4-1-5-12-22)20-28(33-35)34(25-15-6-2-7-16-25)26-17-8-3-9-18-26/h1-19,27H,20-21H2,(H,32,36)/t27-/m1/s1. The summed E-state index contributed by atoms with van der Waals surface area (Å²) in [6.07, 6.45) is 0.152. The summed E-state index contributed by atoms with van der Waals surface area (Å²) in [5.74, 6) is -0.0926. The van der Waals surface area contributed by atoms with E-state index in [-0.39, 0.29) is 18.4 Å². The highest BCUT2D eigenvalue weighted by atomic mass is 35.5. The van der Waals surface area contributed by atoms with Gasteiger partial charge in [0.25, 0.3) is 5.91 Å². The molecule has 0 saturated heterocycles. The molecular formula is C30H25ClN4O2.